The van der Waals surface area contributed by atoms with Crippen molar-refractivity contribution in [2.24, 2.45) is 11.7 Å². The first-order chi connectivity index (χ1) is 7.72. The zero-order valence-corrected chi connectivity index (χ0v) is 10.4. The number of likely N-dealkylation sites (N-methyl/N-ethyl adjacent to an activating group) is 1. The molecule has 1 atom stereocenters. The first-order valence-electron chi connectivity index (χ1n) is 5.80. The van der Waals surface area contributed by atoms with Gasteiger partial charge in [-0.05, 0) is 37.1 Å². The molecule has 0 radical (unpaired) electrons. The predicted octanol–water partition coefficient (Wildman–Crippen LogP) is 2.01. The van der Waals surface area contributed by atoms with Gasteiger partial charge in [0.15, 0.2) is 0 Å². The van der Waals surface area contributed by atoms with Crippen molar-refractivity contribution in [3.8, 4) is 0 Å². The molecule has 0 bridgehead atoms. The maximum atomic E-state index is 12.1. The quantitative estimate of drug-likeness (QED) is 0.853. The second-order valence-corrected chi connectivity index (χ2v) is 5.29. The second-order valence-electron chi connectivity index (χ2n) is 4.31. The number of rotatable bonds is 5. The molecule has 1 unspecified atom stereocenters. The highest BCUT2D eigenvalue weighted by atomic mass is 32.1. The van der Waals surface area contributed by atoms with Crippen molar-refractivity contribution in [1.29, 1.82) is 0 Å². The molecule has 1 amide bonds. The summed E-state index contributed by atoms with van der Waals surface area (Å²) in [5.41, 5.74) is 5.97. The van der Waals surface area contributed by atoms with Crippen LogP contribution in [0.25, 0.3) is 0 Å². The molecule has 16 heavy (non-hydrogen) atoms. The number of nitrogens with two attached hydrogens (primary N) is 1. The van der Waals surface area contributed by atoms with Crippen molar-refractivity contribution in [3.05, 3.63) is 22.4 Å². The summed E-state index contributed by atoms with van der Waals surface area (Å²) in [6, 6.07) is 3.39. The predicted molar refractivity (Wildman–Crippen MR) is 66.2 cm³/mol. The van der Waals surface area contributed by atoms with Gasteiger partial charge in [0.2, 0.25) is 5.91 Å². The van der Waals surface area contributed by atoms with E-state index in [1.807, 2.05) is 29.3 Å². The van der Waals surface area contributed by atoms with Gasteiger partial charge in [-0.1, -0.05) is 6.07 Å². The van der Waals surface area contributed by atoms with Crippen LogP contribution in [0.15, 0.2) is 17.5 Å². The van der Waals surface area contributed by atoms with Crippen LogP contribution in [0.3, 0.4) is 0 Å². The Morgan fingerprint density at radius 1 is 1.69 bits per heavy atom. The number of thiophene rings is 1. The molecule has 0 saturated heterocycles. The van der Waals surface area contributed by atoms with Gasteiger partial charge in [0.1, 0.15) is 6.04 Å². The topological polar surface area (TPSA) is 46.3 Å². The summed E-state index contributed by atoms with van der Waals surface area (Å²) in [5.74, 6) is 0.788. The zero-order valence-electron chi connectivity index (χ0n) is 9.56. The molecule has 1 aliphatic carbocycles. The standard InChI is InChI=1S/C12H18N2OS/c1-2-14(8-9-5-6-9)12(15)11(13)10-4-3-7-16-10/h3-4,7,9,11H,2,5-6,8,13H2,1H3. The minimum Gasteiger partial charge on any atom is -0.341 e. The van der Waals surface area contributed by atoms with E-state index in [1.165, 1.54) is 12.8 Å². The van der Waals surface area contributed by atoms with E-state index in [1.54, 1.807) is 11.3 Å². The number of carbonyl (C=O) groups is 1. The average molecular weight is 238 g/mol. The molecular formula is C12H18N2OS. The highest BCUT2D eigenvalue weighted by molar-refractivity contribution is 7.10. The van der Waals surface area contributed by atoms with E-state index in [4.69, 9.17) is 5.73 Å². The molecule has 0 aliphatic heterocycles. The minimum atomic E-state index is -0.473. The van der Waals surface area contributed by atoms with Crippen LogP contribution in [0.2, 0.25) is 0 Å². The lowest BCUT2D eigenvalue weighted by Gasteiger charge is -2.23. The van der Waals surface area contributed by atoms with Gasteiger partial charge in [-0.15, -0.1) is 11.3 Å². The zero-order chi connectivity index (χ0) is 11.5. The normalized spacial score (nSPS) is 17.1. The second kappa shape index (κ2) is 4.97. The third-order valence-corrected chi connectivity index (χ3v) is 3.94. The van der Waals surface area contributed by atoms with Crippen LogP contribution in [0.5, 0.6) is 0 Å². The molecule has 0 aromatic carbocycles. The molecule has 1 fully saturated rings. The molecule has 3 nitrogen and oxygen atoms in total. The van der Waals surface area contributed by atoms with Crippen molar-refractivity contribution >= 4 is 17.2 Å². The summed E-state index contributed by atoms with van der Waals surface area (Å²) in [4.78, 5) is 15.0. The Balaban J connectivity index is 1.98. The van der Waals surface area contributed by atoms with E-state index in [0.717, 1.165) is 23.9 Å². The molecule has 0 spiro atoms. The van der Waals surface area contributed by atoms with Gasteiger partial charge in [0.05, 0.1) is 0 Å². The summed E-state index contributed by atoms with van der Waals surface area (Å²) < 4.78 is 0. The first kappa shape index (κ1) is 11.6. The summed E-state index contributed by atoms with van der Waals surface area (Å²) >= 11 is 1.55. The third kappa shape index (κ3) is 2.62. The Bertz CT molecular complexity index is 346. The largest absolute Gasteiger partial charge is 0.341 e. The molecule has 1 aromatic heterocycles. The molecular weight excluding hydrogens is 220 g/mol. The van der Waals surface area contributed by atoms with Crippen molar-refractivity contribution in [2.45, 2.75) is 25.8 Å². The van der Waals surface area contributed by atoms with E-state index in [9.17, 15) is 4.79 Å². The lowest BCUT2D eigenvalue weighted by Crippen LogP contribution is -2.39. The van der Waals surface area contributed by atoms with Crippen LogP contribution in [0.1, 0.15) is 30.7 Å². The van der Waals surface area contributed by atoms with Gasteiger partial charge >= 0.3 is 0 Å². The Kier molecular flexibility index (Phi) is 3.61. The van der Waals surface area contributed by atoms with Gasteiger partial charge in [0, 0.05) is 18.0 Å². The van der Waals surface area contributed by atoms with Crippen LogP contribution < -0.4 is 5.73 Å². The summed E-state index contributed by atoms with van der Waals surface area (Å²) in [7, 11) is 0. The van der Waals surface area contributed by atoms with Crippen LogP contribution in [0, 0.1) is 5.92 Å². The molecule has 88 valence electrons. The van der Waals surface area contributed by atoms with Crippen molar-refractivity contribution in [2.75, 3.05) is 13.1 Å². The molecule has 1 heterocycles. The summed E-state index contributed by atoms with van der Waals surface area (Å²) in [6.45, 7) is 3.66. The van der Waals surface area contributed by atoms with E-state index >= 15 is 0 Å². The Hall–Kier alpha value is -0.870. The molecule has 2 N–H and O–H groups in total. The molecule has 1 aromatic rings. The SMILES string of the molecule is CCN(CC1CC1)C(=O)C(N)c1cccs1. The smallest absolute Gasteiger partial charge is 0.244 e. The Labute approximate surface area is 100 Å². The maximum Gasteiger partial charge on any atom is 0.244 e. The highest BCUT2D eigenvalue weighted by Gasteiger charge is 2.28. The van der Waals surface area contributed by atoms with Gasteiger partial charge < -0.3 is 10.6 Å². The van der Waals surface area contributed by atoms with Crippen molar-refractivity contribution in [3.63, 3.8) is 0 Å². The third-order valence-electron chi connectivity index (χ3n) is 2.98. The maximum absolute atomic E-state index is 12.1. The lowest BCUT2D eigenvalue weighted by atomic mass is 10.2. The van der Waals surface area contributed by atoms with Crippen molar-refractivity contribution in [1.82, 2.24) is 4.90 Å². The number of hydrogen-bond acceptors (Lipinski definition) is 3. The lowest BCUT2D eigenvalue weighted by molar-refractivity contribution is -0.132. The molecule has 1 aliphatic rings. The van der Waals surface area contributed by atoms with Crippen LogP contribution in [0.4, 0.5) is 0 Å². The Morgan fingerprint density at radius 2 is 2.44 bits per heavy atom. The van der Waals surface area contributed by atoms with E-state index in [0.29, 0.717) is 0 Å². The number of amides is 1. The van der Waals surface area contributed by atoms with Gasteiger partial charge in [-0.2, -0.15) is 0 Å². The van der Waals surface area contributed by atoms with Crippen LogP contribution in [-0.4, -0.2) is 23.9 Å². The molecule has 4 heteroatoms. The van der Waals surface area contributed by atoms with E-state index < -0.39 is 6.04 Å². The fourth-order valence-electron chi connectivity index (χ4n) is 1.77. The number of nitrogens with zero attached hydrogens (tertiary/aromatic N) is 1. The Morgan fingerprint density at radius 3 is 2.94 bits per heavy atom. The highest BCUT2D eigenvalue weighted by Crippen LogP contribution is 2.30. The monoisotopic (exact) mass is 238 g/mol. The fraction of sp³-hybridized carbons (Fsp3) is 0.583. The first-order valence-corrected chi connectivity index (χ1v) is 6.68. The van der Waals surface area contributed by atoms with Crippen LogP contribution >= 0.6 is 11.3 Å². The molecule has 2 rings (SSSR count). The summed E-state index contributed by atoms with van der Waals surface area (Å²) in [6.07, 6.45) is 2.52. The summed E-state index contributed by atoms with van der Waals surface area (Å²) in [5, 5.41) is 1.96. The number of carbonyl (C=O) groups excluding carboxylic acids is 1. The number of hydrogen-bond donors (Lipinski definition) is 1. The van der Waals surface area contributed by atoms with E-state index in [-0.39, 0.29) is 5.91 Å². The van der Waals surface area contributed by atoms with Gasteiger partial charge in [-0.3, -0.25) is 4.79 Å². The van der Waals surface area contributed by atoms with Gasteiger partial charge in [-0.25, -0.2) is 0 Å². The molecule has 1 saturated carbocycles. The van der Waals surface area contributed by atoms with Crippen molar-refractivity contribution < 1.29 is 4.79 Å². The van der Waals surface area contributed by atoms with Gasteiger partial charge in [0.25, 0.3) is 0 Å². The van der Waals surface area contributed by atoms with E-state index in [2.05, 4.69) is 0 Å². The minimum absolute atomic E-state index is 0.0665. The fourth-order valence-corrected chi connectivity index (χ4v) is 2.49. The van der Waals surface area contributed by atoms with Crippen LogP contribution in [-0.2, 0) is 4.79 Å². The average Bonchev–Trinajstić information content (AvgIpc) is 2.94.